The number of rotatable bonds is 2. The van der Waals surface area contributed by atoms with Crippen LogP contribution in [-0.2, 0) is 0 Å². The van der Waals surface area contributed by atoms with Crippen LogP contribution in [0.5, 0.6) is 0 Å². The number of carbonyl (C=O) groups excluding carboxylic acids is 1. The molecule has 1 aromatic rings. The molecule has 20 heavy (non-hydrogen) atoms. The van der Waals surface area contributed by atoms with Gasteiger partial charge in [0.2, 0.25) is 0 Å². The molecular weight excluding hydrogens is 284 g/mol. The number of hydrogen-bond acceptors (Lipinski definition) is 3. The van der Waals surface area contributed by atoms with Crippen molar-refractivity contribution >= 4 is 29.3 Å². The summed E-state index contributed by atoms with van der Waals surface area (Å²) in [6.07, 6.45) is 0.713. The second kappa shape index (κ2) is 6.11. The molecule has 108 valence electrons. The van der Waals surface area contributed by atoms with Gasteiger partial charge in [0.05, 0.1) is 22.4 Å². The molecule has 2 rings (SSSR count). The largest absolute Gasteiger partial charge is 0.478 e. The first-order valence-corrected chi connectivity index (χ1v) is 6.62. The van der Waals surface area contributed by atoms with E-state index in [1.54, 1.807) is 4.90 Å². The normalized spacial score (nSPS) is 16.0. The van der Waals surface area contributed by atoms with Crippen molar-refractivity contribution in [3.05, 3.63) is 28.8 Å². The Labute approximate surface area is 121 Å². The SMILES string of the molecule is O=C(O)c1ccc(Cl)c(NC(=O)N2CCC(O)CC2)c1. The van der Waals surface area contributed by atoms with Gasteiger partial charge in [-0.25, -0.2) is 9.59 Å². The Kier molecular flexibility index (Phi) is 4.46. The zero-order valence-corrected chi connectivity index (χ0v) is 11.4. The first-order valence-electron chi connectivity index (χ1n) is 6.24. The Morgan fingerprint density at radius 3 is 2.55 bits per heavy atom. The van der Waals surface area contributed by atoms with Gasteiger partial charge in [0.25, 0.3) is 0 Å². The number of amides is 2. The van der Waals surface area contributed by atoms with E-state index in [1.165, 1.54) is 18.2 Å². The van der Waals surface area contributed by atoms with E-state index >= 15 is 0 Å². The maximum Gasteiger partial charge on any atom is 0.335 e. The number of carboxylic acids is 1. The third-order valence-electron chi connectivity index (χ3n) is 3.21. The number of aromatic carboxylic acids is 1. The van der Waals surface area contributed by atoms with E-state index in [4.69, 9.17) is 16.7 Å². The number of aliphatic hydroxyl groups excluding tert-OH is 1. The molecule has 0 atom stereocenters. The highest BCUT2D eigenvalue weighted by atomic mass is 35.5. The highest BCUT2D eigenvalue weighted by Crippen LogP contribution is 2.24. The first-order chi connectivity index (χ1) is 9.47. The molecular formula is C13H15ClN2O4. The van der Waals surface area contributed by atoms with E-state index in [-0.39, 0.29) is 28.4 Å². The van der Waals surface area contributed by atoms with Crippen LogP contribution in [0.2, 0.25) is 5.02 Å². The Morgan fingerprint density at radius 1 is 1.30 bits per heavy atom. The molecule has 3 N–H and O–H groups in total. The fourth-order valence-corrected chi connectivity index (χ4v) is 2.18. The summed E-state index contributed by atoms with van der Waals surface area (Å²) in [7, 11) is 0. The highest BCUT2D eigenvalue weighted by molar-refractivity contribution is 6.33. The maximum atomic E-state index is 12.0. The molecule has 1 fully saturated rings. The van der Waals surface area contributed by atoms with Gasteiger partial charge < -0.3 is 20.4 Å². The molecule has 0 radical (unpaired) electrons. The Morgan fingerprint density at radius 2 is 1.95 bits per heavy atom. The molecule has 7 heteroatoms. The van der Waals surface area contributed by atoms with Crippen LogP contribution in [0.4, 0.5) is 10.5 Å². The number of nitrogens with zero attached hydrogens (tertiary/aromatic N) is 1. The van der Waals surface area contributed by atoms with Crippen molar-refractivity contribution in [2.45, 2.75) is 18.9 Å². The van der Waals surface area contributed by atoms with Crippen molar-refractivity contribution in [1.29, 1.82) is 0 Å². The molecule has 2 amide bonds. The van der Waals surface area contributed by atoms with Crippen LogP contribution in [0.15, 0.2) is 18.2 Å². The Bertz CT molecular complexity index is 527. The van der Waals surface area contributed by atoms with Crippen molar-refractivity contribution in [1.82, 2.24) is 4.90 Å². The number of likely N-dealkylation sites (tertiary alicyclic amines) is 1. The molecule has 0 aliphatic carbocycles. The third-order valence-corrected chi connectivity index (χ3v) is 3.54. The number of nitrogens with one attached hydrogen (secondary N) is 1. The van der Waals surface area contributed by atoms with Gasteiger partial charge in [-0.3, -0.25) is 0 Å². The van der Waals surface area contributed by atoms with Crippen molar-refractivity contribution in [2.75, 3.05) is 18.4 Å². The first kappa shape index (κ1) is 14.6. The lowest BCUT2D eigenvalue weighted by molar-refractivity contribution is 0.0696. The van der Waals surface area contributed by atoms with Gasteiger partial charge in [-0.2, -0.15) is 0 Å². The average Bonchev–Trinajstić information content (AvgIpc) is 2.41. The lowest BCUT2D eigenvalue weighted by Gasteiger charge is -2.29. The zero-order valence-electron chi connectivity index (χ0n) is 10.7. The van der Waals surface area contributed by atoms with E-state index in [1.807, 2.05) is 0 Å². The zero-order chi connectivity index (χ0) is 14.7. The lowest BCUT2D eigenvalue weighted by Crippen LogP contribution is -2.42. The number of aliphatic hydroxyl groups is 1. The molecule has 1 saturated heterocycles. The van der Waals surface area contributed by atoms with E-state index in [0.29, 0.717) is 25.9 Å². The number of benzene rings is 1. The predicted molar refractivity (Wildman–Crippen MR) is 74.2 cm³/mol. The molecule has 1 aliphatic heterocycles. The van der Waals surface area contributed by atoms with Crippen molar-refractivity contribution in [3.8, 4) is 0 Å². The van der Waals surface area contributed by atoms with Crippen LogP contribution >= 0.6 is 11.6 Å². The molecule has 0 bridgehead atoms. The van der Waals surface area contributed by atoms with Crippen molar-refractivity contribution < 1.29 is 19.8 Å². The fourth-order valence-electron chi connectivity index (χ4n) is 2.02. The van der Waals surface area contributed by atoms with E-state index in [0.717, 1.165) is 0 Å². The van der Waals surface area contributed by atoms with Crippen LogP contribution in [0.3, 0.4) is 0 Å². The van der Waals surface area contributed by atoms with Gasteiger partial charge in [-0.1, -0.05) is 11.6 Å². The van der Waals surface area contributed by atoms with Gasteiger partial charge in [-0.15, -0.1) is 0 Å². The van der Waals surface area contributed by atoms with E-state index < -0.39 is 5.97 Å². The van der Waals surface area contributed by atoms with Gasteiger partial charge in [0.1, 0.15) is 0 Å². The standard InChI is InChI=1S/C13H15ClN2O4/c14-10-2-1-8(12(18)19)7-11(10)15-13(20)16-5-3-9(17)4-6-16/h1-2,7,9,17H,3-6H2,(H,15,20)(H,18,19). The number of hydrogen-bond donors (Lipinski definition) is 3. The van der Waals surface area contributed by atoms with Gasteiger partial charge in [0, 0.05) is 13.1 Å². The Hall–Kier alpha value is -1.79. The number of piperidine rings is 1. The third kappa shape index (κ3) is 3.40. The summed E-state index contributed by atoms with van der Waals surface area (Å²) in [5.74, 6) is -1.08. The summed E-state index contributed by atoms with van der Waals surface area (Å²) < 4.78 is 0. The minimum Gasteiger partial charge on any atom is -0.478 e. The minimum absolute atomic E-state index is 0.0544. The van der Waals surface area contributed by atoms with Gasteiger partial charge >= 0.3 is 12.0 Å². The molecule has 0 spiro atoms. The van der Waals surface area contributed by atoms with Crippen LogP contribution in [-0.4, -0.2) is 46.3 Å². The summed E-state index contributed by atoms with van der Waals surface area (Å²) in [5.41, 5.74) is 0.321. The molecule has 6 nitrogen and oxygen atoms in total. The topological polar surface area (TPSA) is 89.9 Å². The number of anilines is 1. The number of carbonyl (C=O) groups is 2. The second-order valence-electron chi connectivity index (χ2n) is 4.65. The van der Waals surface area contributed by atoms with Crippen molar-refractivity contribution in [3.63, 3.8) is 0 Å². The summed E-state index contributed by atoms with van der Waals surface area (Å²) in [4.78, 5) is 24.5. The highest BCUT2D eigenvalue weighted by Gasteiger charge is 2.22. The monoisotopic (exact) mass is 298 g/mol. The predicted octanol–water partition coefficient (Wildman–Crippen LogP) is 2.03. The minimum atomic E-state index is -1.08. The molecule has 0 saturated carbocycles. The van der Waals surface area contributed by atoms with Crippen LogP contribution in [0, 0.1) is 0 Å². The number of urea groups is 1. The molecule has 0 unspecified atom stereocenters. The van der Waals surface area contributed by atoms with E-state index in [9.17, 15) is 14.7 Å². The summed E-state index contributed by atoms with van der Waals surface area (Å²) >= 11 is 5.94. The molecule has 1 aliphatic rings. The second-order valence-corrected chi connectivity index (χ2v) is 5.06. The van der Waals surface area contributed by atoms with E-state index in [2.05, 4.69) is 5.32 Å². The smallest absolute Gasteiger partial charge is 0.335 e. The number of halogens is 1. The van der Waals surface area contributed by atoms with Gasteiger partial charge in [0.15, 0.2) is 0 Å². The van der Waals surface area contributed by atoms with Gasteiger partial charge in [-0.05, 0) is 31.0 Å². The fraction of sp³-hybridized carbons (Fsp3) is 0.385. The molecule has 0 aromatic heterocycles. The van der Waals surface area contributed by atoms with Crippen LogP contribution in [0.25, 0.3) is 0 Å². The van der Waals surface area contributed by atoms with Crippen LogP contribution < -0.4 is 5.32 Å². The maximum absolute atomic E-state index is 12.0. The molecule has 1 aromatic carbocycles. The number of carboxylic acid groups (broad SMARTS) is 1. The Balaban J connectivity index is 2.07. The summed E-state index contributed by atoms with van der Waals surface area (Å²) in [5, 5.41) is 21.2. The molecule has 1 heterocycles. The average molecular weight is 299 g/mol. The summed E-state index contributed by atoms with van der Waals surface area (Å²) in [6, 6.07) is 3.78. The summed E-state index contributed by atoms with van der Waals surface area (Å²) in [6.45, 7) is 0.923. The van der Waals surface area contributed by atoms with Crippen LogP contribution in [0.1, 0.15) is 23.2 Å². The quantitative estimate of drug-likeness (QED) is 0.779. The van der Waals surface area contributed by atoms with Crippen molar-refractivity contribution in [2.24, 2.45) is 0 Å². The lowest BCUT2D eigenvalue weighted by atomic mass is 10.1.